The topological polar surface area (TPSA) is 247 Å². The molecule has 12 rings (SSSR count). The van der Waals surface area contributed by atoms with Gasteiger partial charge in [-0.2, -0.15) is 43.7 Å². The molecule has 4 unspecified atom stereocenters. The van der Waals surface area contributed by atoms with Crippen molar-refractivity contribution in [2.45, 2.75) is 38.0 Å². The summed E-state index contributed by atoms with van der Waals surface area (Å²) in [6, 6.07) is 56.6. The number of aromatic nitrogens is 4. The molecule has 102 heavy (non-hydrogen) atoms. The first-order valence-corrected chi connectivity index (χ1v) is 34.2. The van der Waals surface area contributed by atoms with Crippen LogP contribution in [0.4, 0.5) is 8.78 Å². The third-order valence-corrected chi connectivity index (χ3v) is 18.2. The number of aryl methyl sites for hydroxylation is 4. The maximum absolute atomic E-state index is 13.8. The van der Waals surface area contributed by atoms with Crippen LogP contribution in [0.3, 0.4) is 0 Å². The van der Waals surface area contributed by atoms with Crippen molar-refractivity contribution in [2.24, 2.45) is 14.1 Å². The zero-order chi connectivity index (χ0) is 73.0. The lowest BCUT2D eigenvalue weighted by Crippen LogP contribution is -2.31. The molecule has 0 bridgehead atoms. The highest BCUT2D eigenvalue weighted by molar-refractivity contribution is 7.08. The predicted octanol–water partition coefficient (Wildman–Crippen LogP) is 17.4. The maximum Gasteiger partial charge on any atom is 0.252 e. The third-order valence-electron chi connectivity index (χ3n) is 15.8. The molecule has 0 saturated heterocycles. The smallest absolute Gasteiger partial charge is 0.252 e. The summed E-state index contributed by atoms with van der Waals surface area (Å²) in [5.41, 5.74) is 9.21. The number of hydrogen-bond donors (Lipinski definition) is 4. The maximum atomic E-state index is 13.8. The van der Waals surface area contributed by atoms with Gasteiger partial charge in [-0.1, -0.05) is 94.9 Å². The van der Waals surface area contributed by atoms with Gasteiger partial charge >= 0.3 is 0 Å². The van der Waals surface area contributed by atoms with Gasteiger partial charge in [-0.25, -0.2) is 18.7 Å². The molecule has 4 aromatic heterocycles. The largest absolute Gasteiger partial charge is 0.341 e. The average Bonchev–Trinajstić information content (AvgIpc) is 1.02. The summed E-state index contributed by atoms with van der Waals surface area (Å²) >= 11 is 26.9. The van der Waals surface area contributed by atoms with E-state index in [1.807, 2.05) is 121 Å². The number of hydrogen-bond acceptors (Lipinski definition) is 12. The van der Waals surface area contributed by atoms with E-state index in [9.17, 15) is 28.0 Å². The Morgan fingerprint density at radius 1 is 0.392 bits per heavy atom. The van der Waals surface area contributed by atoms with Crippen LogP contribution in [-0.4, -0.2) is 42.7 Å². The Kier molecular flexibility index (Phi) is 26.0. The van der Waals surface area contributed by atoms with Crippen molar-refractivity contribution in [2.75, 3.05) is 0 Å². The number of carbonyl (C=O) groups is 4. The lowest BCUT2D eigenvalue weighted by Gasteiger charge is -2.19. The summed E-state index contributed by atoms with van der Waals surface area (Å²) in [6.07, 6.45) is 6.92. The first-order valence-electron chi connectivity index (χ1n) is 30.8. The zero-order valence-electron chi connectivity index (χ0n) is 54.5. The summed E-state index contributed by atoms with van der Waals surface area (Å²) < 4.78 is 31.2. The van der Waals surface area contributed by atoms with E-state index in [1.54, 1.807) is 132 Å². The van der Waals surface area contributed by atoms with E-state index in [0.717, 1.165) is 56.6 Å². The molecular weight excluding hydrogens is 1410 g/mol. The number of benzene rings is 8. The van der Waals surface area contributed by atoms with Crippen LogP contribution in [0.15, 0.2) is 228 Å². The molecule has 0 aliphatic heterocycles. The summed E-state index contributed by atoms with van der Waals surface area (Å²) in [6.45, 7) is 3.63. The van der Waals surface area contributed by atoms with Gasteiger partial charge in [0.1, 0.15) is 47.5 Å². The second kappa shape index (κ2) is 35.5. The van der Waals surface area contributed by atoms with E-state index in [0.29, 0.717) is 54.0 Å². The van der Waals surface area contributed by atoms with Crippen molar-refractivity contribution in [3.05, 3.63) is 361 Å². The molecule has 0 fully saturated rings. The molecule has 4 amide bonds. The zero-order valence-corrected chi connectivity index (χ0v) is 59.2. The second-order valence-corrected chi connectivity index (χ2v) is 25.9. The van der Waals surface area contributed by atoms with Crippen molar-refractivity contribution < 1.29 is 28.0 Å². The highest BCUT2D eigenvalue weighted by Crippen LogP contribution is 2.30. The minimum absolute atomic E-state index is 0.0939. The Morgan fingerprint density at radius 2 is 0.667 bits per heavy atom. The number of nitriles is 4. The minimum Gasteiger partial charge on any atom is -0.341 e. The number of amides is 4. The Bertz CT molecular complexity index is 4800. The summed E-state index contributed by atoms with van der Waals surface area (Å²) in [7, 11) is 3.70. The van der Waals surface area contributed by atoms with Gasteiger partial charge < -0.3 is 30.4 Å². The van der Waals surface area contributed by atoms with Gasteiger partial charge in [0.05, 0.1) is 46.5 Å². The first kappa shape index (κ1) is 74.7. The standard InChI is InChI=1S/C20H17ClN4O.C20H15ClN2OS.C19H14ClFN4O.C19H12ClFN2OS/c1-13-11-15(3-4-16(13)12-22)20(26)24-18(19-23-9-10-25(19)2)14-5-7-17(21)8-6-14;1-13-10-15(2-3-16(13)11-22)20(24)23-19(17-8-9-25-12-17)14-4-6-18(21)7-5-14;1-25-9-8-23-18(25)17(12-4-6-15(20)7-5-12)24-19(26)13-2-3-14(11-22)16(21)10-13;20-16-5-3-12(4-6-16)18(15-7-8-25-11-15)23-19(24)13-1-2-14(10-22)17(21)9-13/h3-11,18H,1-2H3,(H,24,26);2-10,12,19H,1H3,(H,23,24);2-10,17H,1H3,(H,24,26);1-9,11,18H,(H,23,24). The van der Waals surface area contributed by atoms with Crippen LogP contribution >= 0.6 is 69.1 Å². The average molecular weight is 1470 g/mol. The number of imidazole rings is 2. The molecule has 8 aromatic carbocycles. The fourth-order valence-corrected chi connectivity index (χ4v) is 12.2. The lowest BCUT2D eigenvalue weighted by atomic mass is 10.00. The molecule has 4 atom stereocenters. The Balaban J connectivity index is 0.000000158. The van der Waals surface area contributed by atoms with Crippen molar-refractivity contribution in [3.63, 3.8) is 0 Å². The molecule has 4 heterocycles. The van der Waals surface area contributed by atoms with E-state index in [2.05, 4.69) is 43.4 Å². The van der Waals surface area contributed by atoms with Crippen molar-refractivity contribution in [1.29, 1.82) is 21.0 Å². The normalized spacial score (nSPS) is 11.6. The number of nitrogens with zero attached hydrogens (tertiary/aromatic N) is 8. The minimum atomic E-state index is -0.736. The van der Waals surface area contributed by atoms with Crippen molar-refractivity contribution in [3.8, 4) is 24.3 Å². The molecule has 0 aliphatic rings. The fraction of sp³-hybridized carbons (Fsp3) is 0.103. The third kappa shape index (κ3) is 19.5. The molecular formula is C78H58Cl4F2N12O4S2. The van der Waals surface area contributed by atoms with Gasteiger partial charge in [0.2, 0.25) is 0 Å². The van der Waals surface area contributed by atoms with Crippen LogP contribution in [0.5, 0.6) is 0 Å². The molecule has 0 radical (unpaired) electrons. The number of rotatable bonds is 16. The van der Waals surface area contributed by atoms with Gasteiger partial charge in [-0.05, 0) is 213 Å². The van der Waals surface area contributed by atoms with Crippen LogP contribution < -0.4 is 21.3 Å². The van der Waals surface area contributed by atoms with Crippen LogP contribution in [0, 0.1) is 70.8 Å². The second-order valence-electron chi connectivity index (χ2n) is 22.6. The van der Waals surface area contributed by atoms with Gasteiger partial charge in [-0.15, -0.1) is 0 Å². The van der Waals surface area contributed by atoms with Gasteiger partial charge in [0.15, 0.2) is 0 Å². The summed E-state index contributed by atoms with van der Waals surface area (Å²) in [5.74, 6) is -1.43. The van der Waals surface area contributed by atoms with E-state index >= 15 is 0 Å². The van der Waals surface area contributed by atoms with Crippen LogP contribution in [0.1, 0.15) is 144 Å². The van der Waals surface area contributed by atoms with E-state index < -0.39 is 35.5 Å². The Hall–Kier alpha value is -11.6. The van der Waals surface area contributed by atoms with Crippen molar-refractivity contribution >= 4 is 92.7 Å². The molecule has 24 heteroatoms. The Labute approximate surface area is 614 Å². The number of halogens is 6. The predicted molar refractivity (Wildman–Crippen MR) is 392 cm³/mol. The molecule has 508 valence electrons. The molecule has 0 aliphatic carbocycles. The van der Waals surface area contributed by atoms with Crippen molar-refractivity contribution in [1.82, 2.24) is 40.4 Å². The number of thiophene rings is 2. The Morgan fingerprint density at radius 3 is 0.912 bits per heavy atom. The molecule has 0 spiro atoms. The van der Waals surface area contributed by atoms with Crippen LogP contribution in [-0.2, 0) is 14.1 Å². The summed E-state index contributed by atoms with van der Waals surface area (Å²) in [5, 5.41) is 57.9. The quantitative estimate of drug-likeness (QED) is 0.0712. The van der Waals surface area contributed by atoms with E-state index in [4.69, 9.17) is 67.5 Å². The van der Waals surface area contributed by atoms with Crippen LogP contribution in [0.25, 0.3) is 0 Å². The molecule has 12 aromatic rings. The highest BCUT2D eigenvalue weighted by Gasteiger charge is 2.26. The fourth-order valence-electron chi connectivity index (χ4n) is 10.3. The van der Waals surface area contributed by atoms with E-state index in [-0.39, 0.29) is 46.2 Å². The first-order chi connectivity index (χ1) is 49.1. The molecule has 16 nitrogen and oxygen atoms in total. The van der Waals surface area contributed by atoms with Gasteiger partial charge in [-0.3, -0.25) is 19.2 Å². The molecule has 0 saturated carbocycles. The molecule has 4 N–H and O–H groups in total. The van der Waals surface area contributed by atoms with E-state index in [1.165, 1.54) is 35.6 Å². The highest BCUT2D eigenvalue weighted by atomic mass is 35.5. The number of carbonyl (C=O) groups excluding carboxylic acids is 4. The van der Waals surface area contributed by atoms with Gasteiger partial charge in [0, 0.05) is 81.2 Å². The van der Waals surface area contributed by atoms with Crippen LogP contribution in [0.2, 0.25) is 20.1 Å². The van der Waals surface area contributed by atoms with Gasteiger partial charge in [0.25, 0.3) is 23.6 Å². The lowest BCUT2D eigenvalue weighted by molar-refractivity contribution is 0.0932. The SMILES string of the molecule is Cc1cc(C(=O)NC(c2ccc(Cl)cc2)c2ccsc2)ccc1C#N.Cc1cc(C(=O)NC(c2ccc(Cl)cc2)c2nccn2C)ccc1C#N.Cn1ccnc1C(NC(=O)c1ccc(C#N)c(F)c1)c1ccc(Cl)cc1.N#Cc1ccc(C(=O)NC(c2ccc(Cl)cc2)c2ccsc2)cc1F. The summed E-state index contributed by atoms with van der Waals surface area (Å²) in [4.78, 5) is 59.4. The monoisotopic (exact) mass is 1470 g/mol. The number of nitrogens with one attached hydrogen (secondary N) is 4.